The van der Waals surface area contributed by atoms with Gasteiger partial charge >= 0.3 is 0 Å². The molecule has 0 spiro atoms. The van der Waals surface area contributed by atoms with E-state index in [-0.39, 0.29) is 10.7 Å². The Labute approximate surface area is 144 Å². The number of rotatable bonds is 3. The van der Waals surface area contributed by atoms with Gasteiger partial charge in [-0.1, -0.05) is 29.8 Å². The number of anilines is 1. The van der Waals surface area contributed by atoms with E-state index in [4.69, 9.17) is 16.0 Å². The summed E-state index contributed by atoms with van der Waals surface area (Å²) in [5.74, 6) is -0.326. The second-order valence-electron chi connectivity index (χ2n) is 5.43. The van der Waals surface area contributed by atoms with Gasteiger partial charge in [-0.3, -0.25) is 4.79 Å². The highest BCUT2D eigenvalue weighted by atomic mass is 35.5. The van der Waals surface area contributed by atoms with Crippen LogP contribution in [0.1, 0.15) is 16.1 Å². The lowest BCUT2D eigenvalue weighted by atomic mass is 10.1. The fourth-order valence-electron chi connectivity index (χ4n) is 2.42. The number of amides is 1. The third-order valence-corrected chi connectivity index (χ3v) is 5.05. The molecule has 1 aromatic heterocycles. The maximum absolute atomic E-state index is 12.5. The summed E-state index contributed by atoms with van der Waals surface area (Å²) in [6.45, 7) is 1.77. The number of fused-ring (bicyclic) bond motifs is 1. The summed E-state index contributed by atoms with van der Waals surface area (Å²) in [4.78, 5) is 12.6. The molecule has 2 aromatic carbocycles. The van der Waals surface area contributed by atoms with Gasteiger partial charge in [-0.25, -0.2) is 8.42 Å². The van der Waals surface area contributed by atoms with Gasteiger partial charge in [0.25, 0.3) is 5.91 Å². The molecule has 0 unspecified atom stereocenters. The molecule has 1 heterocycles. The van der Waals surface area contributed by atoms with Crippen molar-refractivity contribution >= 4 is 44.0 Å². The molecule has 1 amide bonds. The minimum atomic E-state index is -3.35. The quantitative estimate of drug-likeness (QED) is 0.761. The van der Waals surface area contributed by atoms with Crippen molar-refractivity contribution in [2.24, 2.45) is 0 Å². The molecule has 3 rings (SSSR count). The fourth-order valence-corrected chi connectivity index (χ4v) is 3.30. The zero-order valence-corrected chi connectivity index (χ0v) is 14.5. The molecule has 0 saturated carbocycles. The van der Waals surface area contributed by atoms with Gasteiger partial charge in [0, 0.05) is 22.9 Å². The summed E-state index contributed by atoms with van der Waals surface area (Å²) in [6.07, 6.45) is 1.11. The average Bonchev–Trinajstić information content (AvgIpc) is 2.86. The van der Waals surface area contributed by atoms with Gasteiger partial charge in [0.15, 0.2) is 21.2 Å². The topological polar surface area (TPSA) is 76.4 Å². The molecule has 1 N–H and O–H groups in total. The molecule has 0 bridgehead atoms. The van der Waals surface area contributed by atoms with Crippen LogP contribution in [0.15, 0.2) is 51.8 Å². The minimum absolute atomic E-state index is 0.129. The number of carbonyl (C=O) groups is 1. The van der Waals surface area contributed by atoms with Crippen LogP contribution >= 0.6 is 11.6 Å². The Morgan fingerprint density at radius 1 is 1.17 bits per heavy atom. The molecule has 0 aliphatic heterocycles. The lowest BCUT2D eigenvalue weighted by molar-refractivity contribution is 0.0998. The van der Waals surface area contributed by atoms with E-state index in [1.54, 1.807) is 31.2 Å². The van der Waals surface area contributed by atoms with Crippen LogP contribution in [0.2, 0.25) is 5.02 Å². The Morgan fingerprint density at radius 3 is 2.54 bits per heavy atom. The lowest BCUT2D eigenvalue weighted by Gasteiger charge is -2.05. The molecule has 0 fully saturated rings. The molecule has 0 radical (unpaired) electrons. The van der Waals surface area contributed by atoms with Crippen molar-refractivity contribution < 1.29 is 17.6 Å². The number of hydrogen-bond acceptors (Lipinski definition) is 4. The first-order valence-electron chi connectivity index (χ1n) is 7.06. The number of aryl methyl sites for hydroxylation is 1. The highest BCUT2D eigenvalue weighted by molar-refractivity contribution is 7.90. The number of benzene rings is 2. The SMILES string of the molecule is Cc1c(C(=O)Nc2cccc(S(C)(=O)=O)c2)oc2c(Cl)cccc12. The first-order valence-corrected chi connectivity index (χ1v) is 9.33. The van der Waals surface area contributed by atoms with E-state index < -0.39 is 15.7 Å². The monoisotopic (exact) mass is 363 g/mol. The van der Waals surface area contributed by atoms with Crippen molar-refractivity contribution in [3.8, 4) is 0 Å². The van der Waals surface area contributed by atoms with E-state index in [0.717, 1.165) is 11.6 Å². The van der Waals surface area contributed by atoms with Crippen LogP contribution in [0, 0.1) is 6.92 Å². The summed E-state index contributed by atoms with van der Waals surface area (Å²) in [5, 5.41) is 3.84. The predicted octanol–water partition coefficient (Wildman–Crippen LogP) is 4.05. The van der Waals surface area contributed by atoms with Gasteiger partial charge in [0.05, 0.1) is 9.92 Å². The number of hydrogen-bond donors (Lipinski definition) is 1. The van der Waals surface area contributed by atoms with Crippen LogP contribution in [0.25, 0.3) is 11.0 Å². The van der Waals surface area contributed by atoms with E-state index in [0.29, 0.717) is 21.9 Å². The second kappa shape index (κ2) is 5.96. The maximum Gasteiger partial charge on any atom is 0.291 e. The lowest BCUT2D eigenvalue weighted by Crippen LogP contribution is -2.12. The zero-order chi connectivity index (χ0) is 17.5. The molecule has 7 heteroatoms. The molecule has 0 atom stereocenters. The molecule has 5 nitrogen and oxygen atoms in total. The third-order valence-electron chi connectivity index (χ3n) is 3.64. The van der Waals surface area contributed by atoms with E-state index in [1.807, 2.05) is 6.07 Å². The summed E-state index contributed by atoms with van der Waals surface area (Å²) in [5.41, 5.74) is 1.49. The largest absolute Gasteiger partial charge is 0.449 e. The third kappa shape index (κ3) is 3.02. The van der Waals surface area contributed by atoms with E-state index in [1.165, 1.54) is 12.1 Å². The Morgan fingerprint density at radius 2 is 1.88 bits per heavy atom. The van der Waals surface area contributed by atoms with Crippen molar-refractivity contribution in [3.05, 3.63) is 58.8 Å². The van der Waals surface area contributed by atoms with Gasteiger partial charge in [0.1, 0.15) is 0 Å². The Hall–Kier alpha value is -2.31. The second-order valence-corrected chi connectivity index (χ2v) is 7.85. The normalized spacial score (nSPS) is 11.6. The molecule has 24 heavy (non-hydrogen) atoms. The van der Waals surface area contributed by atoms with Gasteiger partial charge in [-0.15, -0.1) is 0 Å². The smallest absolute Gasteiger partial charge is 0.291 e. The molecular weight excluding hydrogens is 350 g/mol. The highest BCUT2D eigenvalue weighted by Crippen LogP contribution is 2.31. The zero-order valence-electron chi connectivity index (χ0n) is 13.0. The van der Waals surface area contributed by atoms with Crippen molar-refractivity contribution in [2.75, 3.05) is 11.6 Å². The number of furan rings is 1. The van der Waals surface area contributed by atoms with Crippen molar-refractivity contribution in [1.82, 2.24) is 0 Å². The number of nitrogens with one attached hydrogen (secondary N) is 1. The van der Waals surface area contributed by atoms with Crippen molar-refractivity contribution in [3.63, 3.8) is 0 Å². The van der Waals surface area contributed by atoms with E-state index in [2.05, 4.69) is 5.32 Å². The summed E-state index contributed by atoms with van der Waals surface area (Å²) >= 11 is 6.09. The Balaban J connectivity index is 1.97. The molecular formula is C17H14ClNO4S. The summed E-state index contributed by atoms with van der Waals surface area (Å²) in [6, 6.07) is 11.3. The number of halogens is 1. The Bertz CT molecular complexity index is 1050. The van der Waals surface area contributed by atoms with Crippen LogP contribution in [-0.4, -0.2) is 20.6 Å². The van der Waals surface area contributed by atoms with Crippen LogP contribution in [0.4, 0.5) is 5.69 Å². The van der Waals surface area contributed by atoms with Crippen molar-refractivity contribution in [2.45, 2.75) is 11.8 Å². The van der Waals surface area contributed by atoms with Crippen LogP contribution in [0.5, 0.6) is 0 Å². The number of para-hydroxylation sites is 1. The molecule has 0 aliphatic rings. The van der Waals surface area contributed by atoms with Gasteiger partial charge in [0.2, 0.25) is 0 Å². The molecule has 3 aromatic rings. The van der Waals surface area contributed by atoms with E-state index in [9.17, 15) is 13.2 Å². The number of sulfone groups is 1. The van der Waals surface area contributed by atoms with Gasteiger partial charge in [-0.2, -0.15) is 0 Å². The first kappa shape index (κ1) is 16.5. The molecule has 0 aliphatic carbocycles. The van der Waals surface area contributed by atoms with Crippen LogP contribution < -0.4 is 5.32 Å². The fraction of sp³-hybridized carbons (Fsp3) is 0.118. The van der Waals surface area contributed by atoms with E-state index >= 15 is 0 Å². The predicted molar refractivity (Wildman–Crippen MR) is 93.5 cm³/mol. The maximum atomic E-state index is 12.5. The van der Waals surface area contributed by atoms with Crippen molar-refractivity contribution in [1.29, 1.82) is 0 Å². The van der Waals surface area contributed by atoms with Gasteiger partial charge < -0.3 is 9.73 Å². The summed E-state index contributed by atoms with van der Waals surface area (Å²) in [7, 11) is -3.35. The standard InChI is InChI=1S/C17H14ClNO4S/c1-10-13-7-4-8-14(18)16(13)23-15(10)17(20)19-11-5-3-6-12(9-11)24(2,21)22/h3-9H,1-2H3,(H,19,20). The minimum Gasteiger partial charge on any atom is -0.449 e. The Kier molecular flexibility index (Phi) is 4.11. The number of carbonyl (C=O) groups excluding carboxylic acids is 1. The molecule has 0 saturated heterocycles. The average molecular weight is 364 g/mol. The summed E-state index contributed by atoms with van der Waals surface area (Å²) < 4.78 is 28.8. The van der Waals surface area contributed by atoms with Crippen LogP contribution in [-0.2, 0) is 9.84 Å². The first-order chi connectivity index (χ1) is 11.3. The molecule has 124 valence electrons. The highest BCUT2D eigenvalue weighted by Gasteiger charge is 2.19. The van der Waals surface area contributed by atoms with Crippen LogP contribution in [0.3, 0.4) is 0 Å². The van der Waals surface area contributed by atoms with Gasteiger partial charge in [-0.05, 0) is 31.2 Å².